The Morgan fingerprint density at radius 1 is 1.33 bits per heavy atom. The largest absolute Gasteiger partial charge is 0.493 e. The van der Waals surface area contributed by atoms with Crippen LogP contribution in [-0.4, -0.2) is 30.5 Å². The average Bonchev–Trinajstić information content (AvgIpc) is 2.87. The van der Waals surface area contributed by atoms with Crippen LogP contribution in [0.2, 0.25) is 0 Å². The van der Waals surface area contributed by atoms with E-state index in [2.05, 4.69) is 5.16 Å². The van der Waals surface area contributed by atoms with Crippen LogP contribution in [0.3, 0.4) is 0 Å². The van der Waals surface area contributed by atoms with E-state index in [4.69, 9.17) is 19.1 Å². The first kappa shape index (κ1) is 12.0. The van der Waals surface area contributed by atoms with Crippen LogP contribution in [0.15, 0.2) is 28.8 Å². The molecule has 6 nitrogen and oxygen atoms in total. The van der Waals surface area contributed by atoms with E-state index in [0.29, 0.717) is 22.8 Å². The Bertz CT molecular complexity index is 576. The second kappa shape index (κ2) is 4.79. The fraction of sp³-hybridized carbons (Fsp3) is 0.167. The molecule has 2 aromatic rings. The zero-order valence-electron chi connectivity index (χ0n) is 9.84. The van der Waals surface area contributed by atoms with Crippen LogP contribution < -0.4 is 9.47 Å². The number of nitrogens with zero attached hydrogens (tertiary/aromatic N) is 1. The summed E-state index contributed by atoms with van der Waals surface area (Å²) in [5.41, 5.74) is 0.423. The van der Waals surface area contributed by atoms with Gasteiger partial charge in [0.2, 0.25) is 0 Å². The molecule has 94 valence electrons. The van der Waals surface area contributed by atoms with E-state index in [9.17, 15) is 4.79 Å². The number of hydrogen-bond acceptors (Lipinski definition) is 5. The number of methoxy groups -OCH3 is 2. The van der Waals surface area contributed by atoms with Crippen molar-refractivity contribution in [3.63, 3.8) is 0 Å². The van der Waals surface area contributed by atoms with Crippen LogP contribution in [0.5, 0.6) is 11.5 Å². The normalized spacial score (nSPS) is 10.1. The monoisotopic (exact) mass is 249 g/mol. The number of hydrogen-bond donors (Lipinski definition) is 1. The molecule has 0 atom stereocenters. The predicted molar refractivity (Wildman–Crippen MR) is 62.0 cm³/mol. The van der Waals surface area contributed by atoms with Crippen molar-refractivity contribution < 1.29 is 23.9 Å². The summed E-state index contributed by atoms with van der Waals surface area (Å²) >= 11 is 0. The SMILES string of the molecule is COc1cccc(-c2cc(C(=O)O)no2)c1OC. The third-order valence-electron chi connectivity index (χ3n) is 2.40. The molecule has 0 bridgehead atoms. The van der Waals surface area contributed by atoms with Crippen LogP contribution in [0.4, 0.5) is 0 Å². The second-order valence-electron chi connectivity index (χ2n) is 3.42. The Labute approximate surface area is 103 Å². The van der Waals surface area contributed by atoms with Crippen LogP contribution in [-0.2, 0) is 0 Å². The number of ether oxygens (including phenoxy) is 2. The molecule has 0 aliphatic rings. The molecule has 2 rings (SSSR count). The third kappa shape index (κ3) is 2.00. The van der Waals surface area contributed by atoms with Gasteiger partial charge in [0.1, 0.15) is 0 Å². The molecule has 0 aliphatic heterocycles. The first-order valence-corrected chi connectivity index (χ1v) is 5.08. The van der Waals surface area contributed by atoms with Crippen molar-refractivity contribution in [3.05, 3.63) is 30.0 Å². The van der Waals surface area contributed by atoms with Gasteiger partial charge >= 0.3 is 5.97 Å². The highest BCUT2D eigenvalue weighted by atomic mass is 16.5. The molecule has 0 unspecified atom stereocenters. The van der Waals surface area contributed by atoms with Gasteiger partial charge in [-0.05, 0) is 12.1 Å². The van der Waals surface area contributed by atoms with Gasteiger partial charge < -0.3 is 19.1 Å². The molecular formula is C12H11NO5. The molecule has 1 aromatic carbocycles. The van der Waals surface area contributed by atoms with Gasteiger partial charge in [0.15, 0.2) is 23.0 Å². The maximum atomic E-state index is 10.7. The minimum absolute atomic E-state index is 0.158. The Hall–Kier alpha value is -2.50. The summed E-state index contributed by atoms with van der Waals surface area (Å²) in [4.78, 5) is 10.7. The Kier molecular flexibility index (Phi) is 3.18. The van der Waals surface area contributed by atoms with Crippen LogP contribution in [0.1, 0.15) is 10.5 Å². The lowest BCUT2D eigenvalue weighted by Gasteiger charge is -2.10. The summed E-state index contributed by atoms with van der Waals surface area (Å²) in [6, 6.07) is 6.55. The highest BCUT2D eigenvalue weighted by Gasteiger charge is 2.17. The number of aromatic carboxylic acids is 1. The third-order valence-corrected chi connectivity index (χ3v) is 2.40. The van der Waals surface area contributed by atoms with Gasteiger partial charge in [-0.1, -0.05) is 11.2 Å². The van der Waals surface area contributed by atoms with Crippen molar-refractivity contribution in [1.82, 2.24) is 5.16 Å². The molecular weight excluding hydrogens is 238 g/mol. The fourth-order valence-corrected chi connectivity index (χ4v) is 1.58. The predicted octanol–water partition coefficient (Wildman–Crippen LogP) is 2.06. The number of para-hydroxylation sites is 1. The molecule has 6 heteroatoms. The van der Waals surface area contributed by atoms with Gasteiger partial charge in [-0.15, -0.1) is 0 Å². The molecule has 1 heterocycles. The highest BCUT2D eigenvalue weighted by Crippen LogP contribution is 2.37. The van der Waals surface area contributed by atoms with E-state index in [1.807, 2.05) is 0 Å². The quantitative estimate of drug-likeness (QED) is 0.893. The zero-order chi connectivity index (χ0) is 13.1. The molecule has 0 spiro atoms. The smallest absolute Gasteiger partial charge is 0.358 e. The zero-order valence-corrected chi connectivity index (χ0v) is 9.84. The maximum absolute atomic E-state index is 10.7. The van der Waals surface area contributed by atoms with E-state index in [1.54, 1.807) is 18.2 Å². The van der Waals surface area contributed by atoms with Crippen molar-refractivity contribution >= 4 is 5.97 Å². The molecule has 0 fully saturated rings. The van der Waals surface area contributed by atoms with E-state index in [1.165, 1.54) is 20.3 Å². The number of benzene rings is 1. The highest BCUT2D eigenvalue weighted by molar-refractivity contribution is 5.87. The first-order valence-electron chi connectivity index (χ1n) is 5.08. The number of carbonyl (C=O) groups is 1. The fourth-order valence-electron chi connectivity index (χ4n) is 1.58. The van der Waals surface area contributed by atoms with Gasteiger partial charge in [0.05, 0.1) is 19.8 Å². The van der Waals surface area contributed by atoms with Crippen LogP contribution in [0.25, 0.3) is 11.3 Å². The Morgan fingerprint density at radius 2 is 2.11 bits per heavy atom. The van der Waals surface area contributed by atoms with Gasteiger partial charge in [0.25, 0.3) is 0 Å². The summed E-state index contributed by atoms with van der Waals surface area (Å²) in [6.45, 7) is 0. The van der Waals surface area contributed by atoms with Crippen molar-refractivity contribution in [2.45, 2.75) is 0 Å². The Balaban J connectivity index is 2.52. The topological polar surface area (TPSA) is 81.8 Å². The number of rotatable bonds is 4. The maximum Gasteiger partial charge on any atom is 0.358 e. The number of carboxylic acids is 1. The second-order valence-corrected chi connectivity index (χ2v) is 3.42. The Morgan fingerprint density at radius 3 is 2.67 bits per heavy atom. The van der Waals surface area contributed by atoms with Crippen molar-refractivity contribution in [3.8, 4) is 22.8 Å². The molecule has 1 N–H and O–H groups in total. The summed E-state index contributed by atoms with van der Waals surface area (Å²) in [6.07, 6.45) is 0. The molecule has 1 aromatic heterocycles. The van der Waals surface area contributed by atoms with Gasteiger partial charge in [-0.25, -0.2) is 4.79 Å². The summed E-state index contributed by atoms with van der Waals surface area (Å²) in [5, 5.41) is 12.2. The van der Waals surface area contributed by atoms with E-state index in [-0.39, 0.29) is 5.69 Å². The number of carboxylic acid groups (broad SMARTS) is 1. The van der Waals surface area contributed by atoms with E-state index < -0.39 is 5.97 Å². The lowest BCUT2D eigenvalue weighted by molar-refractivity contribution is 0.0686. The van der Waals surface area contributed by atoms with Crippen molar-refractivity contribution in [2.24, 2.45) is 0 Å². The van der Waals surface area contributed by atoms with Gasteiger partial charge in [0, 0.05) is 6.07 Å². The standard InChI is InChI=1S/C12H11NO5/c1-16-9-5-3-4-7(11(9)17-2)10-6-8(12(14)15)13-18-10/h3-6H,1-2H3,(H,14,15). The minimum atomic E-state index is -1.15. The lowest BCUT2D eigenvalue weighted by Crippen LogP contribution is -1.94. The van der Waals surface area contributed by atoms with E-state index >= 15 is 0 Å². The molecule has 18 heavy (non-hydrogen) atoms. The average molecular weight is 249 g/mol. The molecule has 0 saturated heterocycles. The summed E-state index contributed by atoms with van der Waals surface area (Å²) in [5.74, 6) is 0.159. The summed E-state index contributed by atoms with van der Waals surface area (Å²) in [7, 11) is 3.01. The molecule has 0 amide bonds. The molecule has 0 radical (unpaired) electrons. The number of aromatic nitrogens is 1. The van der Waals surface area contributed by atoms with Gasteiger partial charge in [-0.2, -0.15) is 0 Å². The minimum Gasteiger partial charge on any atom is -0.493 e. The summed E-state index contributed by atoms with van der Waals surface area (Å²) < 4.78 is 15.4. The van der Waals surface area contributed by atoms with Gasteiger partial charge in [-0.3, -0.25) is 0 Å². The van der Waals surface area contributed by atoms with Crippen molar-refractivity contribution in [2.75, 3.05) is 14.2 Å². The molecule has 0 aliphatic carbocycles. The molecule has 0 saturated carbocycles. The lowest BCUT2D eigenvalue weighted by atomic mass is 10.1. The van der Waals surface area contributed by atoms with Crippen molar-refractivity contribution in [1.29, 1.82) is 0 Å². The van der Waals surface area contributed by atoms with Crippen LogP contribution >= 0.6 is 0 Å². The van der Waals surface area contributed by atoms with Crippen LogP contribution in [0, 0.1) is 0 Å². The first-order chi connectivity index (χ1) is 8.67. The van der Waals surface area contributed by atoms with E-state index in [0.717, 1.165) is 0 Å².